The molecule has 2 N–H and O–H groups in total. The zero-order valence-corrected chi connectivity index (χ0v) is 12.2. The van der Waals surface area contributed by atoms with Crippen LogP contribution >= 0.6 is 0 Å². The van der Waals surface area contributed by atoms with E-state index in [4.69, 9.17) is 10.5 Å². The van der Waals surface area contributed by atoms with Crippen molar-refractivity contribution in [3.63, 3.8) is 0 Å². The molecule has 1 aromatic rings. The number of piperazine rings is 1. The highest BCUT2D eigenvalue weighted by molar-refractivity contribution is 5.79. The molecule has 1 atom stereocenters. The zero-order chi connectivity index (χ0) is 14.5. The average Bonchev–Trinajstić information content (AvgIpc) is 2.53. The predicted octanol–water partition coefficient (Wildman–Crippen LogP) is 0.939. The first-order valence-electron chi connectivity index (χ1n) is 7.04. The van der Waals surface area contributed by atoms with Crippen molar-refractivity contribution >= 4 is 11.6 Å². The summed E-state index contributed by atoms with van der Waals surface area (Å²) in [5.74, 6) is 0.947. The molecule has 1 heterocycles. The second-order valence-electron chi connectivity index (χ2n) is 5.12. The number of nitrogens with two attached hydrogens (primary N) is 1. The van der Waals surface area contributed by atoms with E-state index >= 15 is 0 Å². The standard InChI is InChI=1S/C15H23N3O2/c1-12(11-16)15(19)18-9-7-17(8-10-18)13-5-3-4-6-14(13)20-2/h3-6,12H,7-11,16H2,1-2H3. The van der Waals surface area contributed by atoms with Crippen molar-refractivity contribution in [3.8, 4) is 5.75 Å². The SMILES string of the molecule is COc1ccccc1N1CCN(C(=O)C(C)CN)CC1. The fourth-order valence-electron chi connectivity index (χ4n) is 2.47. The summed E-state index contributed by atoms with van der Waals surface area (Å²) in [5, 5.41) is 0. The van der Waals surface area contributed by atoms with Crippen LogP contribution in [0.1, 0.15) is 6.92 Å². The first-order valence-corrected chi connectivity index (χ1v) is 7.04. The smallest absolute Gasteiger partial charge is 0.226 e. The van der Waals surface area contributed by atoms with E-state index in [1.165, 1.54) is 0 Å². The summed E-state index contributed by atoms with van der Waals surface area (Å²) < 4.78 is 5.39. The van der Waals surface area contributed by atoms with Gasteiger partial charge in [0.15, 0.2) is 0 Å². The number of nitrogens with zero attached hydrogens (tertiary/aromatic N) is 2. The molecule has 0 radical (unpaired) electrons. The van der Waals surface area contributed by atoms with Gasteiger partial charge in [-0.1, -0.05) is 19.1 Å². The Morgan fingerprint density at radius 2 is 1.95 bits per heavy atom. The van der Waals surface area contributed by atoms with Crippen LogP contribution in [0.2, 0.25) is 0 Å². The van der Waals surface area contributed by atoms with Crippen LogP contribution in [0.15, 0.2) is 24.3 Å². The molecule has 0 aromatic heterocycles. The van der Waals surface area contributed by atoms with Crippen LogP contribution < -0.4 is 15.4 Å². The molecular weight excluding hydrogens is 254 g/mol. The lowest BCUT2D eigenvalue weighted by Crippen LogP contribution is -2.51. The molecule has 1 aliphatic rings. The van der Waals surface area contributed by atoms with E-state index in [9.17, 15) is 4.79 Å². The maximum absolute atomic E-state index is 12.1. The van der Waals surface area contributed by atoms with Gasteiger partial charge >= 0.3 is 0 Å². The third-order valence-corrected chi connectivity index (χ3v) is 3.79. The van der Waals surface area contributed by atoms with Gasteiger partial charge in [0.2, 0.25) is 5.91 Å². The van der Waals surface area contributed by atoms with Crippen molar-refractivity contribution in [2.75, 3.05) is 44.7 Å². The summed E-state index contributed by atoms with van der Waals surface area (Å²) in [6.45, 7) is 5.41. The number of hydrogen-bond acceptors (Lipinski definition) is 4. The van der Waals surface area contributed by atoms with Crippen molar-refractivity contribution in [2.24, 2.45) is 11.7 Å². The van der Waals surface area contributed by atoms with Gasteiger partial charge in [0, 0.05) is 38.6 Å². The van der Waals surface area contributed by atoms with Crippen molar-refractivity contribution < 1.29 is 9.53 Å². The van der Waals surface area contributed by atoms with Gasteiger partial charge in [-0.3, -0.25) is 4.79 Å². The molecule has 0 bridgehead atoms. The number of hydrogen-bond donors (Lipinski definition) is 1. The summed E-state index contributed by atoms with van der Waals surface area (Å²) >= 11 is 0. The highest BCUT2D eigenvalue weighted by Gasteiger charge is 2.25. The van der Waals surface area contributed by atoms with Gasteiger partial charge in [-0.2, -0.15) is 0 Å². The van der Waals surface area contributed by atoms with E-state index in [-0.39, 0.29) is 11.8 Å². The minimum absolute atomic E-state index is 0.0900. The summed E-state index contributed by atoms with van der Waals surface area (Å²) in [6, 6.07) is 7.99. The highest BCUT2D eigenvalue weighted by atomic mass is 16.5. The van der Waals surface area contributed by atoms with Crippen LogP contribution in [0, 0.1) is 5.92 Å². The number of benzene rings is 1. The molecule has 0 saturated carbocycles. The van der Waals surface area contributed by atoms with Crippen LogP contribution in [0.25, 0.3) is 0 Å². The van der Waals surface area contributed by atoms with Crippen LogP contribution in [0.3, 0.4) is 0 Å². The maximum Gasteiger partial charge on any atom is 0.226 e. The van der Waals surface area contributed by atoms with Gasteiger partial charge in [-0.25, -0.2) is 0 Å². The first-order chi connectivity index (χ1) is 9.67. The van der Waals surface area contributed by atoms with Gasteiger partial charge in [-0.05, 0) is 12.1 Å². The molecule has 1 unspecified atom stereocenters. The maximum atomic E-state index is 12.1. The summed E-state index contributed by atoms with van der Waals surface area (Å²) in [7, 11) is 1.68. The fraction of sp³-hybridized carbons (Fsp3) is 0.533. The zero-order valence-electron chi connectivity index (χ0n) is 12.2. The Balaban J connectivity index is 1.99. The van der Waals surface area contributed by atoms with Gasteiger partial charge < -0.3 is 20.3 Å². The molecule has 1 aliphatic heterocycles. The number of para-hydroxylation sites is 2. The first kappa shape index (κ1) is 14.7. The van der Waals surface area contributed by atoms with Crippen molar-refractivity contribution in [3.05, 3.63) is 24.3 Å². The predicted molar refractivity (Wildman–Crippen MR) is 80.0 cm³/mol. The summed E-state index contributed by atoms with van der Waals surface area (Å²) in [5.41, 5.74) is 6.65. The highest BCUT2D eigenvalue weighted by Crippen LogP contribution is 2.28. The Kier molecular flexibility index (Phi) is 4.84. The number of carbonyl (C=O) groups is 1. The average molecular weight is 277 g/mol. The number of amides is 1. The number of carbonyl (C=O) groups excluding carboxylic acids is 1. The second kappa shape index (κ2) is 6.61. The van der Waals surface area contributed by atoms with Crippen molar-refractivity contribution in [1.82, 2.24) is 4.90 Å². The van der Waals surface area contributed by atoms with E-state index in [1.54, 1.807) is 7.11 Å². The fourth-order valence-corrected chi connectivity index (χ4v) is 2.47. The Bertz CT molecular complexity index is 456. The van der Waals surface area contributed by atoms with Gasteiger partial charge in [0.25, 0.3) is 0 Å². The Morgan fingerprint density at radius 3 is 2.55 bits per heavy atom. The van der Waals surface area contributed by atoms with E-state index < -0.39 is 0 Å². The molecular formula is C15H23N3O2. The largest absolute Gasteiger partial charge is 0.495 e. The third-order valence-electron chi connectivity index (χ3n) is 3.79. The summed E-state index contributed by atoms with van der Waals surface area (Å²) in [6.07, 6.45) is 0. The lowest BCUT2D eigenvalue weighted by Gasteiger charge is -2.37. The lowest BCUT2D eigenvalue weighted by molar-refractivity contribution is -0.134. The summed E-state index contributed by atoms with van der Waals surface area (Å²) in [4.78, 5) is 16.3. The third kappa shape index (κ3) is 3.04. The van der Waals surface area contributed by atoms with Crippen LogP contribution in [0.4, 0.5) is 5.69 Å². The minimum Gasteiger partial charge on any atom is -0.495 e. The second-order valence-corrected chi connectivity index (χ2v) is 5.12. The molecule has 1 saturated heterocycles. The molecule has 110 valence electrons. The molecule has 1 aromatic carbocycles. The van der Waals surface area contributed by atoms with E-state index in [2.05, 4.69) is 11.0 Å². The van der Waals surface area contributed by atoms with Gasteiger partial charge in [0.05, 0.1) is 12.8 Å². The van der Waals surface area contributed by atoms with Crippen LogP contribution in [0.5, 0.6) is 5.75 Å². The molecule has 5 nitrogen and oxygen atoms in total. The molecule has 0 aliphatic carbocycles. The van der Waals surface area contributed by atoms with Gasteiger partial charge in [-0.15, -0.1) is 0 Å². The monoisotopic (exact) mass is 277 g/mol. The Labute approximate surface area is 120 Å². The molecule has 20 heavy (non-hydrogen) atoms. The number of methoxy groups -OCH3 is 1. The topological polar surface area (TPSA) is 58.8 Å². The quantitative estimate of drug-likeness (QED) is 0.890. The number of ether oxygens (including phenoxy) is 1. The molecule has 1 fully saturated rings. The Morgan fingerprint density at radius 1 is 1.30 bits per heavy atom. The molecule has 5 heteroatoms. The number of rotatable bonds is 4. The van der Waals surface area contributed by atoms with Crippen molar-refractivity contribution in [2.45, 2.75) is 6.92 Å². The van der Waals surface area contributed by atoms with E-state index in [1.807, 2.05) is 30.0 Å². The van der Waals surface area contributed by atoms with E-state index in [0.29, 0.717) is 6.54 Å². The normalized spacial score (nSPS) is 16.9. The molecule has 0 spiro atoms. The van der Waals surface area contributed by atoms with E-state index in [0.717, 1.165) is 37.6 Å². The minimum atomic E-state index is -0.0900. The van der Waals surface area contributed by atoms with Crippen molar-refractivity contribution in [1.29, 1.82) is 0 Å². The lowest BCUT2D eigenvalue weighted by atomic mass is 10.1. The number of anilines is 1. The molecule has 2 rings (SSSR count). The van der Waals surface area contributed by atoms with Crippen LogP contribution in [-0.4, -0.2) is 50.6 Å². The van der Waals surface area contributed by atoms with Gasteiger partial charge in [0.1, 0.15) is 5.75 Å². The Hall–Kier alpha value is -1.75. The van der Waals surface area contributed by atoms with Crippen LogP contribution in [-0.2, 0) is 4.79 Å². The molecule has 1 amide bonds.